The maximum absolute atomic E-state index is 8.94. The van der Waals surface area contributed by atoms with Crippen molar-refractivity contribution in [1.82, 2.24) is 0 Å². The van der Waals surface area contributed by atoms with E-state index in [1.165, 1.54) is 10.8 Å². The summed E-state index contributed by atoms with van der Waals surface area (Å²) in [6.07, 6.45) is 3.95. The molecular formula is C16H15N. The average molecular weight is 221 g/mol. The minimum atomic E-state index is -0.411. The van der Waals surface area contributed by atoms with Crippen molar-refractivity contribution >= 4 is 16.8 Å². The highest BCUT2D eigenvalue weighted by Crippen LogP contribution is 2.20. The van der Waals surface area contributed by atoms with Gasteiger partial charge in [-0.3, -0.25) is 0 Å². The van der Waals surface area contributed by atoms with Crippen LogP contribution < -0.4 is 0 Å². The first kappa shape index (κ1) is 11.4. The summed E-state index contributed by atoms with van der Waals surface area (Å²) in [7, 11) is 0. The van der Waals surface area contributed by atoms with Crippen LogP contribution in [0.1, 0.15) is 19.4 Å². The molecule has 0 unspecified atom stereocenters. The van der Waals surface area contributed by atoms with Crippen LogP contribution in [0.2, 0.25) is 0 Å². The van der Waals surface area contributed by atoms with E-state index in [4.69, 9.17) is 5.26 Å². The second-order valence-electron chi connectivity index (χ2n) is 4.77. The Bertz CT molecular complexity index is 600. The van der Waals surface area contributed by atoms with E-state index < -0.39 is 5.41 Å². The molecule has 0 radical (unpaired) electrons. The fraction of sp³-hybridized carbons (Fsp3) is 0.188. The van der Waals surface area contributed by atoms with Gasteiger partial charge in [0.15, 0.2) is 0 Å². The van der Waals surface area contributed by atoms with E-state index in [-0.39, 0.29) is 0 Å². The Kier molecular flexibility index (Phi) is 2.97. The number of rotatable bonds is 2. The molecule has 0 saturated carbocycles. The van der Waals surface area contributed by atoms with Crippen LogP contribution in [-0.4, -0.2) is 0 Å². The third-order valence-corrected chi connectivity index (χ3v) is 2.75. The molecule has 0 amide bonds. The predicted molar refractivity (Wildman–Crippen MR) is 72.4 cm³/mol. The molecule has 2 aromatic carbocycles. The number of fused-ring (bicyclic) bond motifs is 1. The average Bonchev–Trinajstić information content (AvgIpc) is 2.36. The fourth-order valence-electron chi connectivity index (χ4n) is 1.65. The molecule has 0 atom stereocenters. The van der Waals surface area contributed by atoms with Crippen LogP contribution in [-0.2, 0) is 0 Å². The lowest BCUT2D eigenvalue weighted by molar-refractivity contribution is 0.647. The molecule has 2 aromatic rings. The molecule has 0 aromatic heterocycles. The third kappa shape index (κ3) is 2.73. The second kappa shape index (κ2) is 4.43. The first-order valence-electron chi connectivity index (χ1n) is 5.70. The second-order valence-corrected chi connectivity index (χ2v) is 4.77. The summed E-state index contributed by atoms with van der Waals surface area (Å²) in [6, 6.07) is 16.9. The van der Waals surface area contributed by atoms with Crippen molar-refractivity contribution in [3.05, 3.63) is 54.1 Å². The van der Waals surface area contributed by atoms with Gasteiger partial charge in [-0.1, -0.05) is 48.6 Å². The van der Waals surface area contributed by atoms with Gasteiger partial charge in [0.05, 0.1) is 11.5 Å². The van der Waals surface area contributed by atoms with Crippen molar-refractivity contribution in [3.8, 4) is 6.07 Å². The third-order valence-electron chi connectivity index (χ3n) is 2.75. The molecule has 1 heteroatoms. The Balaban J connectivity index is 2.35. The highest BCUT2D eigenvalue weighted by molar-refractivity contribution is 5.84. The Hall–Kier alpha value is -2.07. The lowest BCUT2D eigenvalue weighted by Gasteiger charge is -2.07. The van der Waals surface area contributed by atoms with Crippen molar-refractivity contribution in [1.29, 1.82) is 5.26 Å². The van der Waals surface area contributed by atoms with Crippen molar-refractivity contribution in [2.24, 2.45) is 5.41 Å². The lowest BCUT2D eigenvalue weighted by atomic mass is 9.94. The zero-order chi connectivity index (χ0) is 12.3. The van der Waals surface area contributed by atoms with Crippen molar-refractivity contribution in [2.75, 3.05) is 0 Å². The first-order valence-corrected chi connectivity index (χ1v) is 5.70. The molecule has 2 rings (SSSR count). The largest absolute Gasteiger partial charge is 0.197 e. The molecule has 0 heterocycles. The number of hydrogen-bond acceptors (Lipinski definition) is 1. The van der Waals surface area contributed by atoms with E-state index >= 15 is 0 Å². The zero-order valence-electron chi connectivity index (χ0n) is 10.1. The molecule has 0 aliphatic heterocycles. The van der Waals surface area contributed by atoms with Crippen LogP contribution in [0.3, 0.4) is 0 Å². The predicted octanol–water partition coefficient (Wildman–Crippen LogP) is 4.40. The molecule has 0 spiro atoms. The van der Waals surface area contributed by atoms with Crippen molar-refractivity contribution in [2.45, 2.75) is 13.8 Å². The lowest BCUT2D eigenvalue weighted by Crippen LogP contribution is -2.01. The van der Waals surface area contributed by atoms with E-state index in [9.17, 15) is 0 Å². The highest BCUT2D eigenvalue weighted by Gasteiger charge is 2.10. The summed E-state index contributed by atoms with van der Waals surface area (Å²) >= 11 is 0. The van der Waals surface area contributed by atoms with Crippen LogP contribution in [0.5, 0.6) is 0 Å². The number of benzene rings is 2. The van der Waals surface area contributed by atoms with Gasteiger partial charge in [0.1, 0.15) is 0 Å². The van der Waals surface area contributed by atoms with Crippen molar-refractivity contribution in [3.63, 3.8) is 0 Å². The molecule has 0 bridgehead atoms. The molecule has 1 nitrogen and oxygen atoms in total. The molecule has 0 fully saturated rings. The van der Waals surface area contributed by atoms with Gasteiger partial charge in [0.25, 0.3) is 0 Å². The zero-order valence-corrected chi connectivity index (χ0v) is 10.1. The summed E-state index contributed by atoms with van der Waals surface area (Å²) in [5.74, 6) is 0. The topological polar surface area (TPSA) is 23.8 Å². The Morgan fingerprint density at radius 3 is 2.47 bits per heavy atom. The van der Waals surface area contributed by atoms with E-state index in [2.05, 4.69) is 36.4 Å². The smallest absolute Gasteiger partial charge is 0.0725 e. The molecule has 17 heavy (non-hydrogen) atoms. The van der Waals surface area contributed by atoms with Gasteiger partial charge in [-0.05, 0) is 36.2 Å². The maximum Gasteiger partial charge on any atom is 0.0725 e. The maximum atomic E-state index is 8.94. The van der Waals surface area contributed by atoms with E-state index in [1.807, 2.05) is 38.1 Å². The van der Waals surface area contributed by atoms with Gasteiger partial charge >= 0.3 is 0 Å². The normalized spacial score (nSPS) is 11.8. The summed E-state index contributed by atoms with van der Waals surface area (Å²) in [4.78, 5) is 0. The summed E-state index contributed by atoms with van der Waals surface area (Å²) in [5, 5.41) is 11.4. The van der Waals surface area contributed by atoms with Crippen LogP contribution in [0.15, 0.2) is 48.5 Å². The van der Waals surface area contributed by atoms with Crippen LogP contribution >= 0.6 is 0 Å². The van der Waals surface area contributed by atoms with Gasteiger partial charge < -0.3 is 0 Å². The Labute approximate surface area is 102 Å². The van der Waals surface area contributed by atoms with E-state index in [0.29, 0.717) is 0 Å². The Morgan fingerprint density at radius 1 is 1.06 bits per heavy atom. The van der Waals surface area contributed by atoms with Crippen LogP contribution in [0.25, 0.3) is 16.8 Å². The summed E-state index contributed by atoms with van der Waals surface area (Å²) < 4.78 is 0. The quantitative estimate of drug-likeness (QED) is 0.737. The molecule has 0 aliphatic carbocycles. The van der Waals surface area contributed by atoms with Gasteiger partial charge in [-0.25, -0.2) is 0 Å². The molecular weight excluding hydrogens is 206 g/mol. The SMILES string of the molecule is CC(C)(C#N)/C=C/c1ccc2ccccc2c1. The molecule has 0 saturated heterocycles. The molecule has 84 valence electrons. The van der Waals surface area contributed by atoms with Crippen LogP contribution in [0, 0.1) is 16.7 Å². The minimum Gasteiger partial charge on any atom is -0.197 e. The first-order chi connectivity index (χ1) is 8.11. The van der Waals surface area contributed by atoms with Gasteiger partial charge in [-0.2, -0.15) is 5.26 Å². The van der Waals surface area contributed by atoms with Crippen LogP contribution in [0.4, 0.5) is 0 Å². The molecule has 0 N–H and O–H groups in total. The number of hydrogen-bond donors (Lipinski definition) is 0. The molecule has 0 aliphatic rings. The van der Waals surface area contributed by atoms with Gasteiger partial charge in [0.2, 0.25) is 0 Å². The van der Waals surface area contributed by atoms with E-state index in [0.717, 1.165) is 5.56 Å². The number of allylic oxidation sites excluding steroid dienone is 1. The van der Waals surface area contributed by atoms with Crippen molar-refractivity contribution < 1.29 is 0 Å². The van der Waals surface area contributed by atoms with Gasteiger partial charge in [-0.15, -0.1) is 0 Å². The van der Waals surface area contributed by atoms with E-state index in [1.54, 1.807) is 0 Å². The monoisotopic (exact) mass is 221 g/mol. The number of nitriles is 1. The standard InChI is InChI=1S/C16H15N/c1-16(2,12-17)10-9-13-7-8-14-5-3-4-6-15(14)11-13/h3-11H,1-2H3/b10-9+. The van der Waals surface area contributed by atoms with Gasteiger partial charge in [0, 0.05) is 0 Å². The Morgan fingerprint density at radius 2 is 1.76 bits per heavy atom. The minimum absolute atomic E-state index is 0.411. The summed E-state index contributed by atoms with van der Waals surface area (Å²) in [5.41, 5.74) is 0.720. The highest BCUT2D eigenvalue weighted by atomic mass is 14.3. The summed E-state index contributed by atoms with van der Waals surface area (Å²) in [6.45, 7) is 3.81. The number of nitrogens with zero attached hydrogens (tertiary/aromatic N) is 1. The fourth-order valence-corrected chi connectivity index (χ4v) is 1.65.